The van der Waals surface area contributed by atoms with E-state index in [0.29, 0.717) is 23.4 Å². The number of hydrogen-bond donors (Lipinski definition) is 1. The lowest BCUT2D eigenvalue weighted by Gasteiger charge is -2.40. The molecule has 152 valence electrons. The van der Waals surface area contributed by atoms with Crippen molar-refractivity contribution in [2.45, 2.75) is 31.7 Å². The number of halogens is 3. The third-order valence-electron chi connectivity index (χ3n) is 5.56. The first kappa shape index (κ1) is 19.3. The Morgan fingerprint density at radius 2 is 1.97 bits per heavy atom. The number of rotatable bonds is 3. The van der Waals surface area contributed by atoms with E-state index >= 15 is 0 Å². The van der Waals surface area contributed by atoms with E-state index in [-0.39, 0.29) is 24.2 Å². The van der Waals surface area contributed by atoms with Gasteiger partial charge in [-0.05, 0) is 42.7 Å². The first-order valence-electron chi connectivity index (χ1n) is 9.38. The molecule has 1 atom stereocenters. The number of carbonyl (C=O) groups excluding carboxylic acids is 2. The zero-order valence-corrected chi connectivity index (χ0v) is 15.8. The highest BCUT2D eigenvalue weighted by molar-refractivity contribution is 6.04. The van der Waals surface area contributed by atoms with Gasteiger partial charge in [-0.15, -0.1) is 0 Å². The van der Waals surface area contributed by atoms with Gasteiger partial charge >= 0.3 is 6.18 Å². The Hall–Kier alpha value is -3.03. The van der Waals surface area contributed by atoms with Crippen LogP contribution in [0.5, 0.6) is 0 Å². The molecule has 0 bridgehead atoms. The van der Waals surface area contributed by atoms with Crippen molar-refractivity contribution in [1.82, 2.24) is 10.2 Å². The van der Waals surface area contributed by atoms with Crippen molar-refractivity contribution >= 4 is 17.5 Å². The number of alkyl halides is 3. The molecule has 0 spiro atoms. The molecule has 0 radical (unpaired) electrons. The average molecular weight is 403 g/mol. The fraction of sp³-hybridized carbons (Fsp3) is 0.333. The Balaban J connectivity index is 1.54. The van der Waals surface area contributed by atoms with E-state index in [9.17, 15) is 22.8 Å². The van der Waals surface area contributed by atoms with Gasteiger partial charge in [0, 0.05) is 25.7 Å². The minimum atomic E-state index is -4.48. The van der Waals surface area contributed by atoms with Crippen molar-refractivity contribution in [3.8, 4) is 0 Å². The van der Waals surface area contributed by atoms with Crippen LogP contribution in [0.4, 0.5) is 18.9 Å². The van der Waals surface area contributed by atoms with Crippen LogP contribution >= 0.6 is 0 Å². The molecule has 2 amide bonds. The standard InChI is InChI=1S/C21H20F3N3O2/c1-26-17-11-13(8-9-15(17)20(29)27-10-4-7-18(26)27)19(28)25-12-14-5-2-3-6-16(14)21(22,23)24/h2-3,5-6,8-9,11,18H,4,7,10,12H2,1H3,(H,25,28)/t18-/m0/s1. The van der Waals surface area contributed by atoms with Crippen LogP contribution in [-0.4, -0.2) is 36.5 Å². The van der Waals surface area contributed by atoms with Crippen LogP contribution < -0.4 is 10.2 Å². The summed E-state index contributed by atoms with van der Waals surface area (Å²) in [6.45, 7) is 0.477. The number of nitrogens with one attached hydrogen (secondary N) is 1. The highest BCUT2D eigenvalue weighted by Crippen LogP contribution is 2.35. The van der Waals surface area contributed by atoms with Crippen molar-refractivity contribution in [2.75, 3.05) is 18.5 Å². The lowest BCUT2D eigenvalue weighted by molar-refractivity contribution is -0.138. The molecule has 8 heteroatoms. The van der Waals surface area contributed by atoms with Crippen molar-refractivity contribution in [3.63, 3.8) is 0 Å². The second kappa shape index (κ2) is 7.09. The van der Waals surface area contributed by atoms with Gasteiger partial charge in [0.25, 0.3) is 11.8 Å². The van der Waals surface area contributed by atoms with E-state index in [1.807, 2.05) is 16.8 Å². The molecule has 0 unspecified atom stereocenters. The van der Waals surface area contributed by atoms with Gasteiger partial charge in [-0.2, -0.15) is 13.2 Å². The van der Waals surface area contributed by atoms with Crippen molar-refractivity contribution < 1.29 is 22.8 Å². The molecule has 0 aliphatic carbocycles. The molecule has 2 aliphatic rings. The lowest BCUT2D eigenvalue weighted by Crippen LogP contribution is -2.50. The van der Waals surface area contributed by atoms with E-state index in [2.05, 4.69) is 5.32 Å². The van der Waals surface area contributed by atoms with Crippen LogP contribution in [0.2, 0.25) is 0 Å². The molecule has 5 nitrogen and oxygen atoms in total. The van der Waals surface area contributed by atoms with E-state index in [1.165, 1.54) is 24.3 Å². The Morgan fingerprint density at radius 3 is 2.72 bits per heavy atom. The first-order valence-corrected chi connectivity index (χ1v) is 9.38. The zero-order chi connectivity index (χ0) is 20.8. The number of carbonyl (C=O) groups is 2. The minimum Gasteiger partial charge on any atom is -0.354 e. The fourth-order valence-electron chi connectivity index (χ4n) is 4.08. The normalized spacial score (nSPS) is 18.5. The monoisotopic (exact) mass is 403 g/mol. The van der Waals surface area contributed by atoms with Crippen LogP contribution in [0.25, 0.3) is 0 Å². The number of fused-ring (bicyclic) bond motifs is 2. The predicted molar refractivity (Wildman–Crippen MR) is 102 cm³/mol. The summed E-state index contributed by atoms with van der Waals surface area (Å²) < 4.78 is 39.4. The van der Waals surface area contributed by atoms with E-state index in [0.717, 1.165) is 18.9 Å². The third-order valence-corrected chi connectivity index (χ3v) is 5.56. The molecular formula is C21H20F3N3O2. The van der Waals surface area contributed by atoms with Gasteiger partial charge in [0.05, 0.1) is 16.8 Å². The summed E-state index contributed by atoms with van der Waals surface area (Å²) in [5.41, 5.74) is 0.739. The zero-order valence-electron chi connectivity index (χ0n) is 15.8. The molecule has 2 aliphatic heterocycles. The fourth-order valence-corrected chi connectivity index (χ4v) is 4.08. The Labute approximate surface area is 166 Å². The molecular weight excluding hydrogens is 383 g/mol. The van der Waals surface area contributed by atoms with Gasteiger partial charge in [-0.25, -0.2) is 0 Å². The second-order valence-corrected chi connectivity index (χ2v) is 7.30. The molecule has 0 aromatic heterocycles. The smallest absolute Gasteiger partial charge is 0.354 e. The SMILES string of the molecule is CN1c2cc(C(=O)NCc3ccccc3C(F)(F)F)ccc2C(=O)N2CCC[C@H]21. The molecule has 2 heterocycles. The summed E-state index contributed by atoms with van der Waals surface area (Å²) in [6, 6.07) is 9.94. The van der Waals surface area contributed by atoms with E-state index in [1.54, 1.807) is 12.1 Å². The van der Waals surface area contributed by atoms with Gasteiger partial charge in [0.1, 0.15) is 6.17 Å². The second-order valence-electron chi connectivity index (χ2n) is 7.30. The Bertz CT molecular complexity index is 974. The molecule has 29 heavy (non-hydrogen) atoms. The summed E-state index contributed by atoms with van der Waals surface area (Å²) >= 11 is 0. The highest BCUT2D eigenvalue weighted by Gasteiger charge is 2.39. The molecule has 1 saturated heterocycles. The first-order chi connectivity index (χ1) is 13.8. The maximum absolute atomic E-state index is 13.1. The Kier molecular flexibility index (Phi) is 4.72. The van der Waals surface area contributed by atoms with Gasteiger partial charge in [-0.1, -0.05) is 18.2 Å². The lowest BCUT2D eigenvalue weighted by atomic mass is 10.0. The van der Waals surface area contributed by atoms with E-state index < -0.39 is 17.6 Å². The number of amides is 2. The molecule has 1 fully saturated rings. The minimum absolute atomic E-state index is 0.000188. The maximum Gasteiger partial charge on any atom is 0.416 e. The number of anilines is 1. The summed E-state index contributed by atoms with van der Waals surface area (Å²) in [7, 11) is 1.88. The maximum atomic E-state index is 13.1. The topological polar surface area (TPSA) is 52.7 Å². The van der Waals surface area contributed by atoms with Crippen LogP contribution in [0, 0.1) is 0 Å². The van der Waals surface area contributed by atoms with Crippen LogP contribution in [-0.2, 0) is 12.7 Å². The number of benzene rings is 2. The van der Waals surface area contributed by atoms with Gasteiger partial charge in [-0.3, -0.25) is 9.59 Å². The Morgan fingerprint density at radius 1 is 1.21 bits per heavy atom. The molecule has 1 N–H and O–H groups in total. The average Bonchev–Trinajstić information content (AvgIpc) is 3.20. The van der Waals surface area contributed by atoms with Crippen LogP contribution in [0.1, 0.15) is 44.7 Å². The van der Waals surface area contributed by atoms with Crippen molar-refractivity contribution in [3.05, 3.63) is 64.7 Å². The highest BCUT2D eigenvalue weighted by atomic mass is 19.4. The molecule has 4 rings (SSSR count). The molecule has 0 saturated carbocycles. The number of hydrogen-bond acceptors (Lipinski definition) is 3. The summed E-state index contributed by atoms with van der Waals surface area (Å²) in [6.07, 6.45) is -2.71. The van der Waals surface area contributed by atoms with Crippen molar-refractivity contribution in [2.24, 2.45) is 0 Å². The molecule has 2 aromatic rings. The van der Waals surface area contributed by atoms with Gasteiger partial charge in [0.2, 0.25) is 0 Å². The summed E-state index contributed by atoms with van der Waals surface area (Å²) in [5.74, 6) is -0.536. The summed E-state index contributed by atoms with van der Waals surface area (Å²) in [5, 5.41) is 2.55. The number of nitrogens with zero attached hydrogens (tertiary/aromatic N) is 2. The van der Waals surface area contributed by atoms with Gasteiger partial charge < -0.3 is 15.1 Å². The van der Waals surface area contributed by atoms with Gasteiger partial charge in [0.15, 0.2) is 0 Å². The molecule has 2 aromatic carbocycles. The largest absolute Gasteiger partial charge is 0.416 e. The van der Waals surface area contributed by atoms with Crippen LogP contribution in [0.3, 0.4) is 0 Å². The van der Waals surface area contributed by atoms with Crippen LogP contribution in [0.15, 0.2) is 42.5 Å². The van der Waals surface area contributed by atoms with Crippen molar-refractivity contribution in [1.29, 1.82) is 0 Å². The quantitative estimate of drug-likeness (QED) is 0.851. The predicted octanol–water partition coefficient (Wildman–Crippen LogP) is 3.65. The third kappa shape index (κ3) is 3.43. The van der Waals surface area contributed by atoms with E-state index in [4.69, 9.17) is 0 Å². The summed E-state index contributed by atoms with van der Waals surface area (Å²) in [4.78, 5) is 29.0.